The van der Waals surface area contributed by atoms with Crippen LogP contribution in [0, 0.1) is 23.6 Å². The van der Waals surface area contributed by atoms with Crippen molar-refractivity contribution >= 4 is 23.4 Å². The van der Waals surface area contributed by atoms with Crippen molar-refractivity contribution in [3.63, 3.8) is 0 Å². The Hall–Kier alpha value is -2.11. The van der Waals surface area contributed by atoms with Crippen LogP contribution in [0.4, 0.5) is 17.6 Å². The van der Waals surface area contributed by atoms with Gasteiger partial charge in [0, 0.05) is 31.7 Å². The van der Waals surface area contributed by atoms with Gasteiger partial charge in [-0.1, -0.05) is 11.6 Å². The Labute approximate surface area is 193 Å². The van der Waals surface area contributed by atoms with E-state index in [4.69, 9.17) is 16.3 Å². The van der Waals surface area contributed by atoms with E-state index in [-0.39, 0.29) is 47.8 Å². The summed E-state index contributed by atoms with van der Waals surface area (Å²) in [6.07, 6.45) is -2.53. The first-order valence-electron chi connectivity index (χ1n) is 10.7. The molecule has 2 amide bonds. The van der Waals surface area contributed by atoms with Crippen molar-refractivity contribution in [1.82, 2.24) is 21.1 Å². The Balaban J connectivity index is 1.30. The molecule has 7 nitrogen and oxygen atoms in total. The van der Waals surface area contributed by atoms with Crippen LogP contribution >= 0.6 is 11.6 Å². The van der Waals surface area contributed by atoms with Gasteiger partial charge in [0.05, 0.1) is 10.9 Å². The third-order valence-electron chi connectivity index (χ3n) is 6.71. The van der Waals surface area contributed by atoms with Gasteiger partial charge >= 0.3 is 6.18 Å². The molecule has 1 saturated heterocycles. The fraction of sp³-hybridized carbons (Fsp3) is 0.619. The number of nitrogens with zero attached hydrogens (tertiary/aromatic N) is 1. The molecular formula is C21H25ClF4N4O3. The summed E-state index contributed by atoms with van der Waals surface area (Å²) in [6, 6.07) is 1.41. The third-order valence-corrected chi connectivity index (χ3v) is 7.02. The van der Waals surface area contributed by atoms with Crippen LogP contribution in [0.25, 0.3) is 0 Å². The van der Waals surface area contributed by atoms with E-state index >= 15 is 0 Å². The van der Waals surface area contributed by atoms with Gasteiger partial charge in [-0.05, 0) is 43.2 Å². The first kappa shape index (κ1) is 24.0. The van der Waals surface area contributed by atoms with Crippen LogP contribution in [0.5, 0.6) is 5.75 Å². The van der Waals surface area contributed by atoms with Gasteiger partial charge in [-0.25, -0.2) is 14.8 Å². The minimum atomic E-state index is -4.54. The number of fused-ring (bicyclic) bond motifs is 2. The molecular weight excluding hydrogens is 468 g/mol. The summed E-state index contributed by atoms with van der Waals surface area (Å²) < 4.78 is 58.7. The first-order chi connectivity index (χ1) is 15.5. The maximum absolute atomic E-state index is 13.5. The molecule has 2 unspecified atom stereocenters. The van der Waals surface area contributed by atoms with Gasteiger partial charge < -0.3 is 15.4 Å². The number of nitrogens with one attached hydrogen (secondary N) is 3. The zero-order valence-corrected chi connectivity index (χ0v) is 18.5. The summed E-state index contributed by atoms with van der Waals surface area (Å²) in [7, 11) is 1.47. The molecule has 1 heterocycles. The van der Waals surface area contributed by atoms with E-state index in [0.29, 0.717) is 6.42 Å². The van der Waals surface area contributed by atoms with Crippen molar-refractivity contribution in [3.8, 4) is 5.75 Å². The molecule has 1 aromatic rings. The highest BCUT2D eigenvalue weighted by Gasteiger charge is 2.53. The van der Waals surface area contributed by atoms with Crippen LogP contribution in [0.1, 0.15) is 19.3 Å². The lowest BCUT2D eigenvalue weighted by Crippen LogP contribution is -2.61. The van der Waals surface area contributed by atoms with E-state index in [2.05, 4.69) is 16.1 Å². The number of ether oxygens (including phenoxy) is 1. The third kappa shape index (κ3) is 5.36. The quantitative estimate of drug-likeness (QED) is 0.531. The maximum atomic E-state index is 13.5. The van der Waals surface area contributed by atoms with Crippen LogP contribution in [0.2, 0.25) is 5.02 Å². The standard InChI is InChI=1S/C21H25ClF4N4O3/c1-30-8-13(19(29-30)21(24,25)26)20(32)28-17-7-16(10-4-11(17)5-10)27-18(31)9-33-12-2-3-14(22)15(23)6-12/h2-3,6,10-11,13,16-17,19,29H,4-5,7-9H2,1H3,(H,27,31)(H,28,32)/t10?,11?,13?,16-,17+,19?/m0/s1. The lowest BCUT2D eigenvalue weighted by molar-refractivity contribution is -0.169. The molecule has 5 rings (SSSR count). The Morgan fingerprint density at radius 3 is 2.48 bits per heavy atom. The predicted molar refractivity (Wildman–Crippen MR) is 111 cm³/mol. The van der Waals surface area contributed by atoms with Gasteiger partial charge in [0.2, 0.25) is 5.91 Å². The van der Waals surface area contributed by atoms with Crippen LogP contribution < -0.4 is 20.8 Å². The van der Waals surface area contributed by atoms with Crippen molar-refractivity contribution in [3.05, 3.63) is 29.0 Å². The number of amides is 2. The number of hydrazine groups is 1. The van der Waals surface area contributed by atoms with Crippen LogP contribution in [-0.4, -0.2) is 61.3 Å². The summed E-state index contributed by atoms with van der Waals surface area (Å²) in [5.41, 5.74) is 2.30. The number of carbonyl (C=O) groups excluding carboxylic acids is 2. The number of halogens is 5. The second kappa shape index (κ2) is 9.27. The monoisotopic (exact) mass is 492 g/mol. The Bertz CT molecular complexity index is 912. The number of alkyl halides is 3. The fourth-order valence-corrected chi connectivity index (χ4v) is 5.07. The molecule has 0 aromatic heterocycles. The van der Waals surface area contributed by atoms with E-state index in [1.807, 2.05) is 0 Å². The average Bonchev–Trinajstić information content (AvgIpc) is 3.10. The van der Waals surface area contributed by atoms with Crippen LogP contribution in [-0.2, 0) is 9.59 Å². The molecule has 3 N–H and O–H groups in total. The number of carbonyl (C=O) groups is 2. The lowest BCUT2D eigenvalue weighted by Gasteiger charge is -2.51. The topological polar surface area (TPSA) is 82.7 Å². The highest BCUT2D eigenvalue weighted by Crippen LogP contribution is 2.46. The van der Waals surface area contributed by atoms with Gasteiger partial charge in [-0.3, -0.25) is 9.59 Å². The first-order valence-corrected chi connectivity index (χ1v) is 11.1. The molecule has 33 heavy (non-hydrogen) atoms. The molecule has 3 saturated carbocycles. The second-order valence-corrected chi connectivity index (χ2v) is 9.42. The molecule has 0 spiro atoms. The largest absolute Gasteiger partial charge is 0.484 e. The summed E-state index contributed by atoms with van der Waals surface area (Å²) in [4.78, 5) is 25.0. The minimum absolute atomic E-state index is 0.0428. The van der Waals surface area contributed by atoms with E-state index in [1.54, 1.807) is 0 Å². The molecule has 182 valence electrons. The molecule has 1 aliphatic heterocycles. The van der Waals surface area contributed by atoms with Crippen molar-refractivity contribution in [2.75, 3.05) is 20.2 Å². The number of hydrogen-bond acceptors (Lipinski definition) is 5. The Morgan fingerprint density at radius 2 is 1.85 bits per heavy atom. The summed E-state index contributed by atoms with van der Waals surface area (Å²) in [5.74, 6) is -2.32. The van der Waals surface area contributed by atoms with Gasteiger partial charge in [0.25, 0.3) is 5.91 Å². The van der Waals surface area contributed by atoms with Crippen LogP contribution in [0.3, 0.4) is 0 Å². The van der Waals surface area contributed by atoms with E-state index in [1.165, 1.54) is 24.2 Å². The summed E-state index contributed by atoms with van der Waals surface area (Å²) in [5, 5.41) is 6.90. The van der Waals surface area contributed by atoms with Crippen LogP contribution in [0.15, 0.2) is 18.2 Å². The maximum Gasteiger partial charge on any atom is 0.405 e. The Kier molecular flexibility index (Phi) is 6.75. The Morgan fingerprint density at radius 1 is 1.18 bits per heavy atom. The fourth-order valence-electron chi connectivity index (χ4n) is 4.95. The van der Waals surface area contributed by atoms with Crippen molar-refractivity contribution < 1.29 is 31.9 Å². The molecule has 0 radical (unpaired) electrons. The SMILES string of the molecule is CN1CC(C(=O)N[C@@H]2C[C@H](NC(=O)COc3ccc(Cl)c(F)c3)C3CC2C3)C(C(F)(F)F)N1. The van der Waals surface area contributed by atoms with Gasteiger partial charge in [-0.15, -0.1) is 0 Å². The molecule has 2 bridgehead atoms. The summed E-state index contributed by atoms with van der Waals surface area (Å²) >= 11 is 5.62. The highest BCUT2D eigenvalue weighted by atomic mass is 35.5. The van der Waals surface area contributed by atoms with E-state index in [9.17, 15) is 27.2 Å². The molecule has 12 heteroatoms. The van der Waals surface area contributed by atoms with Gasteiger partial charge in [-0.2, -0.15) is 13.2 Å². The van der Waals surface area contributed by atoms with Crippen molar-refractivity contribution in [2.45, 2.75) is 43.6 Å². The van der Waals surface area contributed by atoms with Crippen molar-refractivity contribution in [1.29, 1.82) is 0 Å². The zero-order valence-electron chi connectivity index (χ0n) is 17.8. The second-order valence-electron chi connectivity index (χ2n) is 9.02. The number of benzene rings is 1. The summed E-state index contributed by atoms with van der Waals surface area (Å²) in [6.45, 7) is -0.364. The molecule has 4 aliphatic rings. The smallest absolute Gasteiger partial charge is 0.405 e. The molecule has 3 aliphatic carbocycles. The lowest BCUT2D eigenvalue weighted by atomic mass is 9.60. The van der Waals surface area contributed by atoms with E-state index < -0.39 is 35.8 Å². The minimum Gasteiger partial charge on any atom is -0.484 e. The molecule has 4 fully saturated rings. The zero-order chi connectivity index (χ0) is 23.9. The predicted octanol–water partition coefficient (Wildman–Crippen LogP) is 2.25. The van der Waals surface area contributed by atoms with Gasteiger partial charge in [0.15, 0.2) is 6.61 Å². The van der Waals surface area contributed by atoms with E-state index in [0.717, 1.165) is 18.9 Å². The van der Waals surface area contributed by atoms with Gasteiger partial charge in [0.1, 0.15) is 17.6 Å². The number of hydrogen-bond donors (Lipinski definition) is 3. The van der Waals surface area contributed by atoms with Crippen molar-refractivity contribution in [2.24, 2.45) is 17.8 Å². The normalized spacial score (nSPS) is 31.6. The molecule has 1 aromatic carbocycles. The average molecular weight is 493 g/mol. The highest BCUT2D eigenvalue weighted by molar-refractivity contribution is 6.30. The number of rotatable bonds is 6. The molecule has 4 atom stereocenters.